The van der Waals surface area contributed by atoms with E-state index >= 15 is 0 Å². The van der Waals surface area contributed by atoms with Crippen molar-refractivity contribution in [1.29, 1.82) is 0 Å². The summed E-state index contributed by atoms with van der Waals surface area (Å²) < 4.78 is 11.7. The van der Waals surface area contributed by atoms with Crippen molar-refractivity contribution in [3.8, 4) is 0 Å². The van der Waals surface area contributed by atoms with Gasteiger partial charge in [-0.3, -0.25) is 9.59 Å². The van der Waals surface area contributed by atoms with Crippen LogP contribution in [0.4, 0.5) is 0 Å². The van der Waals surface area contributed by atoms with E-state index in [2.05, 4.69) is 10.2 Å². The molecule has 2 rings (SSSR count). The van der Waals surface area contributed by atoms with E-state index in [1.807, 2.05) is 60.7 Å². The smallest absolute Gasteiger partial charge is 0.313 e. The molecule has 0 aliphatic carbocycles. The van der Waals surface area contributed by atoms with Gasteiger partial charge < -0.3 is 9.47 Å². The average molecular weight is 439 g/mol. The Bertz CT molecular complexity index is 879. The Kier molecular flexibility index (Phi) is 7.28. The van der Waals surface area contributed by atoms with Crippen LogP contribution in [0.3, 0.4) is 0 Å². The monoisotopic (exact) mass is 438 g/mol. The van der Waals surface area contributed by atoms with E-state index in [-0.39, 0.29) is 0 Å². The molecule has 32 heavy (non-hydrogen) atoms. The molecule has 2 unspecified atom stereocenters. The molecule has 2 atom stereocenters. The summed E-state index contributed by atoms with van der Waals surface area (Å²) in [5.74, 6) is -0.841. The van der Waals surface area contributed by atoms with Crippen LogP contribution >= 0.6 is 0 Å². The highest BCUT2D eigenvalue weighted by atomic mass is 16.6. The second-order valence-corrected chi connectivity index (χ2v) is 10.2. The highest BCUT2D eigenvalue weighted by Crippen LogP contribution is 2.36. The Balaban J connectivity index is 2.55. The molecule has 2 aromatic rings. The van der Waals surface area contributed by atoms with Crippen molar-refractivity contribution < 1.29 is 19.1 Å². The molecule has 0 radical (unpaired) electrons. The first-order valence-electron chi connectivity index (χ1n) is 10.7. The number of azo groups is 1. The number of carbonyl (C=O) groups excluding carboxylic acids is 2. The van der Waals surface area contributed by atoms with Crippen molar-refractivity contribution in [2.24, 2.45) is 21.1 Å². The topological polar surface area (TPSA) is 77.3 Å². The van der Waals surface area contributed by atoms with Gasteiger partial charge in [-0.25, -0.2) is 0 Å². The van der Waals surface area contributed by atoms with Crippen molar-refractivity contribution in [1.82, 2.24) is 0 Å². The van der Waals surface area contributed by atoms with Crippen molar-refractivity contribution in [2.45, 2.75) is 66.8 Å². The number of hydrogen-bond donors (Lipinski definition) is 0. The molecular weight excluding hydrogens is 404 g/mol. The predicted molar refractivity (Wildman–Crippen MR) is 124 cm³/mol. The minimum absolute atomic E-state index is 0.420. The van der Waals surface area contributed by atoms with Crippen molar-refractivity contribution >= 4 is 11.9 Å². The fourth-order valence-electron chi connectivity index (χ4n) is 2.63. The largest absolute Gasteiger partial charge is 0.431 e. The molecule has 0 aromatic heterocycles. The van der Waals surface area contributed by atoms with E-state index in [0.29, 0.717) is 11.1 Å². The highest BCUT2D eigenvalue weighted by Gasteiger charge is 2.39. The third-order valence-electron chi connectivity index (χ3n) is 4.86. The molecule has 0 amide bonds. The number of nitrogens with zero attached hydrogens (tertiary/aromatic N) is 2. The third-order valence-corrected chi connectivity index (χ3v) is 4.86. The van der Waals surface area contributed by atoms with Crippen LogP contribution in [0.15, 0.2) is 70.9 Å². The lowest BCUT2D eigenvalue weighted by Crippen LogP contribution is -2.36. The Morgan fingerprint density at radius 1 is 0.562 bits per heavy atom. The van der Waals surface area contributed by atoms with Gasteiger partial charge in [-0.05, 0) is 41.5 Å². The van der Waals surface area contributed by atoms with Gasteiger partial charge in [-0.2, -0.15) is 0 Å². The zero-order chi connectivity index (χ0) is 24.2. The van der Waals surface area contributed by atoms with Crippen LogP contribution in [0.25, 0.3) is 0 Å². The Hall–Kier alpha value is -3.02. The normalized spacial score (nSPS) is 16.1. The fraction of sp³-hybridized carbons (Fsp3) is 0.462. The summed E-state index contributed by atoms with van der Waals surface area (Å²) in [4.78, 5) is 25.5. The lowest BCUT2D eigenvalue weighted by atomic mass is 9.96. The number of benzene rings is 2. The molecule has 0 saturated heterocycles. The molecule has 0 saturated carbocycles. The number of ether oxygens (including phenoxy) is 2. The summed E-state index contributed by atoms with van der Waals surface area (Å²) in [6.07, 6.45) is 0. The maximum absolute atomic E-state index is 12.7. The molecule has 0 fully saturated rings. The number of hydrogen-bond acceptors (Lipinski definition) is 6. The molecule has 0 bridgehead atoms. The zero-order valence-corrected chi connectivity index (χ0v) is 20.3. The summed E-state index contributed by atoms with van der Waals surface area (Å²) in [6, 6.07) is 18.3. The van der Waals surface area contributed by atoms with Crippen molar-refractivity contribution in [3.63, 3.8) is 0 Å². The predicted octanol–water partition coefficient (Wildman–Crippen LogP) is 6.36. The second-order valence-electron chi connectivity index (χ2n) is 10.2. The molecule has 0 aliphatic heterocycles. The third kappa shape index (κ3) is 6.25. The van der Waals surface area contributed by atoms with Gasteiger partial charge in [0.15, 0.2) is 0 Å². The van der Waals surface area contributed by atoms with Crippen molar-refractivity contribution in [2.75, 3.05) is 0 Å². The highest BCUT2D eigenvalue weighted by molar-refractivity contribution is 5.76. The molecule has 0 spiro atoms. The molecule has 2 aromatic carbocycles. The van der Waals surface area contributed by atoms with Gasteiger partial charge in [0.05, 0.1) is 10.8 Å². The zero-order valence-electron chi connectivity index (χ0n) is 20.3. The number of esters is 2. The molecule has 6 heteroatoms. The Morgan fingerprint density at radius 2 is 0.844 bits per heavy atom. The minimum Gasteiger partial charge on any atom is -0.431 e. The van der Waals surface area contributed by atoms with Gasteiger partial charge in [-0.15, -0.1) is 10.2 Å². The fourth-order valence-corrected chi connectivity index (χ4v) is 2.63. The van der Waals surface area contributed by atoms with Gasteiger partial charge in [0.2, 0.25) is 11.4 Å². The quantitative estimate of drug-likeness (QED) is 0.388. The summed E-state index contributed by atoms with van der Waals surface area (Å²) in [5, 5.41) is 8.94. The molecule has 0 aliphatic rings. The van der Waals surface area contributed by atoms with Gasteiger partial charge in [0.1, 0.15) is 0 Å². The Labute approximate surface area is 191 Å². The lowest BCUT2D eigenvalue weighted by molar-refractivity contribution is -0.174. The van der Waals surface area contributed by atoms with E-state index in [9.17, 15) is 9.59 Å². The first-order valence-corrected chi connectivity index (χ1v) is 10.7. The standard InChI is InChI=1S/C26H34N2O4/c1-23(2,3)21(29)31-25(7,19-15-11-9-12-16-19)27-28-26(8,20-17-13-10-14-18-20)32-22(30)24(4,5)6/h9-18H,1-8H3/b28-27+. The lowest BCUT2D eigenvalue weighted by Gasteiger charge is -2.32. The molecule has 6 nitrogen and oxygen atoms in total. The summed E-state index contributed by atoms with van der Waals surface area (Å²) >= 11 is 0. The summed E-state index contributed by atoms with van der Waals surface area (Å²) in [7, 11) is 0. The van der Waals surface area contributed by atoms with Gasteiger partial charge in [-0.1, -0.05) is 60.7 Å². The number of carbonyl (C=O) groups is 2. The first-order chi connectivity index (χ1) is 14.7. The van der Waals surface area contributed by atoms with E-state index in [1.54, 1.807) is 55.4 Å². The van der Waals surface area contributed by atoms with Gasteiger partial charge >= 0.3 is 11.9 Å². The summed E-state index contributed by atoms with van der Waals surface area (Å²) in [6.45, 7) is 14.0. The van der Waals surface area contributed by atoms with E-state index in [0.717, 1.165) is 0 Å². The van der Waals surface area contributed by atoms with Crippen molar-refractivity contribution in [3.05, 3.63) is 71.8 Å². The SMILES string of the molecule is CC(C)(C)C(=O)OC(C)(/N=N/C(C)(OC(=O)C(C)(C)C)c1ccccc1)c1ccccc1. The second kappa shape index (κ2) is 9.23. The maximum Gasteiger partial charge on any atom is 0.313 e. The minimum atomic E-state index is -1.41. The van der Waals surface area contributed by atoms with Gasteiger partial charge in [0, 0.05) is 25.0 Å². The number of rotatable bonds is 6. The first kappa shape index (κ1) is 25.2. The van der Waals surface area contributed by atoms with Crippen LogP contribution in [-0.2, 0) is 30.5 Å². The van der Waals surface area contributed by atoms with Crippen LogP contribution < -0.4 is 0 Å². The Morgan fingerprint density at radius 3 is 1.09 bits per heavy atom. The molecule has 0 heterocycles. The van der Waals surface area contributed by atoms with Gasteiger partial charge in [0.25, 0.3) is 0 Å². The molecular formula is C26H34N2O4. The van der Waals surface area contributed by atoms with Crippen LogP contribution in [0.2, 0.25) is 0 Å². The van der Waals surface area contributed by atoms with Crippen LogP contribution in [-0.4, -0.2) is 11.9 Å². The summed E-state index contributed by atoms with van der Waals surface area (Å²) in [5.41, 5.74) is -2.97. The van der Waals surface area contributed by atoms with E-state index < -0.39 is 34.2 Å². The molecule has 0 N–H and O–H groups in total. The maximum atomic E-state index is 12.7. The van der Waals surface area contributed by atoms with Crippen LogP contribution in [0, 0.1) is 10.8 Å². The molecule has 172 valence electrons. The van der Waals surface area contributed by atoms with E-state index in [4.69, 9.17) is 9.47 Å². The van der Waals surface area contributed by atoms with Crippen LogP contribution in [0.5, 0.6) is 0 Å². The van der Waals surface area contributed by atoms with E-state index in [1.165, 1.54) is 0 Å². The van der Waals surface area contributed by atoms with Crippen LogP contribution in [0.1, 0.15) is 66.5 Å². The average Bonchev–Trinajstić information content (AvgIpc) is 2.72.